The van der Waals surface area contributed by atoms with E-state index in [4.69, 9.17) is 9.68 Å². The maximum atomic E-state index is 9.01. The van der Waals surface area contributed by atoms with Crippen molar-refractivity contribution in [2.24, 2.45) is 0 Å². The van der Waals surface area contributed by atoms with Gasteiger partial charge in [0.2, 0.25) is 0 Å². The molecule has 0 aliphatic rings. The van der Waals surface area contributed by atoms with Crippen molar-refractivity contribution in [2.45, 2.75) is 6.92 Å². The van der Waals surface area contributed by atoms with Crippen molar-refractivity contribution >= 4 is 16.9 Å². The van der Waals surface area contributed by atoms with E-state index in [1.54, 1.807) is 20.0 Å². The molecular formula is C14H11N5O. The summed E-state index contributed by atoms with van der Waals surface area (Å²) >= 11 is 0. The van der Waals surface area contributed by atoms with Gasteiger partial charge in [-0.2, -0.15) is 5.26 Å². The van der Waals surface area contributed by atoms with Crippen molar-refractivity contribution in [3.05, 3.63) is 35.9 Å². The molecule has 0 saturated carbocycles. The van der Waals surface area contributed by atoms with Crippen LogP contribution < -0.4 is 5.32 Å². The molecule has 3 aromatic rings. The molecule has 1 aromatic carbocycles. The van der Waals surface area contributed by atoms with Crippen LogP contribution in [0.15, 0.2) is 28.7 Å². The van der Waals surface area contributed by atoms with Gasteiger partial charge in [0.1, 0.15) is 23.1 Å². The number of fused-ring (bicyclic) bond motifs is 1. The zero-order valence-electron chi connectivity index (χ0n) is 11.0. The molecule has 0 bridgehead atoms. The lowest BCUT2D eigenvalue weighted by Gasteiger charge is -2.04. The Morgan fingerprint density at radius 1 is 1.20 bits per heavy atom. The van der Waals surface area contributed by atoms with Gasteiger partial charge in [-0.1, -0.05) is 0 Å². The largest absolute Gasteiger partial charge is 0.441 e. The van der Waals surface area contributed by atoms with Crippen molar-refractivity contribution in [1.82, 2.24) is 15.0 Å². The number of nitriles is 1. The highest BCUT2D eigenvalue weighted by atomic mass is 16.3. The smallest absolute Gasteiger partial charge is 0.192 e. The summed E-state index contributed by atoms with van der Waals surface area (Å²) in [4.78, 5) is 12.8. The topological polar surface area (TPSA) is 87.6 Å². The van der Waals surface area contributed by atoms with Gasteiger partial charge in [0.15, 0.2) is 17.3 Å². The molecule has 6 heteroatoms. The van der Waals surface area contributed by atoms with E-state index >= 15 is 0 Å². The van der Waals surface area contributed by atoms with Gasteiger partial charge in [-0.15, -0.1) is 0 Å². The van der Waals surface area contributed by atoms with Crippen LogP contribution in [0.2, 0.25) is 0 Å². The van der Waals surface area contributed by atoms with E-state index in [9.17, 15) is 0 Å². The van der Waals surface area contributed by atoms with Gasteiger partial charge in [0, 0.05) is 25.6 Å². The summed E-state index contributed by atoms with van der Waals surface area (Å²) in [5.74, 6) is 1.68. The van der Waals surface area contributed by atoms with Crippen molar-refractivity contribution in [2.75, 3.05) is 12.4 Å². The number of hydrogen-bond donors (Lipinski definition) is 1. The Morgan fingerprint density at radius 2 is 2.05 bits per heavy atom. The molecule has 2 heterocycles. The minimum Gasteiger partial charge on any atom is -0.441 e. The maximum Gasteiger partial charge on any atom is 0.192 e. The minimum atomic E-state index is 0.313. The van der Waals surface area contributed by atoms with Crippen molar-refractivity contribution in [3.63, 3.8) is 0 Å². The standard InChI is InChI=1S/C14H11N5O/c1-8-17-11-4-3-9(5-12(11)20-8)14-18-10(7-15)6-13(16-2)19-14/h3-6H,1-2H3,(H,16,18,19). The van der Waals surface area contributed by atoms with Crippen LogP contribution in [0.4, 0.5) is 5.82 Å². The zero-order chi connectivity index (χ0) is 14.1. The second kappa shape index (κ2) is 4.63. The monoisotopic (exact) mass is 265 g/mol. The first kappa shape index (κ1) is 12.1. The Labute approximate surface area is 115 Å². The van der Waals surface area contributed by atoms with Crippen LogP contribution in [0.1, 0.15) is 11.6 Å². The Kier molecular flexibility index (Phi) is 2.80. The lowest BCUT2D eigenvalue weighted by molar-refractivity contribution is 0.561. The second-order valence-corrected chi connectivity index (χ2v) is 4.24. The first-order valence-corrected chi connectivity index (χ1v) is 6.04. The lowest BCUT2D eigenvalue weighted by atomic mass is 10.2. The molecule has 0 fully saturated rings. The SMILES string of the molecule is CNc1cc(C#N)nc(-c2ccc3nc(C)oc3c2)n1. The van der Waals surface area contributed by atoms with Crippen LogP contribution in [0.25, 0.3) is 22.5 Å². The third-order valence-corrected chi connectivity index (χ3v) is 2.85. The molecule has 0 atom stereocenters. The Morgan fingerprint density at radius 3 is 2.80 bits per heavy atom. The minimum absolute atomic E-state index is 0.313. The van der Waals surface area contributed by atoms with Gasteiger partial charge in [-0.3, -0.25) is 0 Å². The predicted octanol–water partition coefficient (Wildman–Crippen LogP) is 2.51. The van der Waals surface area contributed by atoms with Crippen molar-refractivity contribution in [3.8, 4) is 17.5 Å². The number of oxazole rings is 1. The molecule has 20 heavy (non-hydrogen) atoms. The number of nitrogens with zero attached hydrogens (tertiary/aromatic N) is 4. The number of nitrogens with one attached hydrogen (secondary N) is 1. The molecule has 6 nitrogen and oxygen atoms in total. The third-order valence-electron chi connectivity index (χ3n) is 2.85. The molecule has 0 spiro atoms. The highest BCUT2D eigenvalue weighted by Gasteiger charge is 2.09. The molecule has 1 N–H and O–H groups in total. The number of benzene rings is 1. The number of hydrogen-bond acceptors (Lipinski definition) is 6. The average molecular weight is 265 g/mol. The van der Waals surface area contributed by atoms with Crippen LogP contribution in [-0.2, 0) is 0 Å². The first-order valence-electron chi connectivity index (χ1n) is 6.04. The molecule has 0 aliphatic carbocycles. The van der Waals surface area contributed by atoms with E-state index in [1.807, 2.05) is 24.3 Å². The van der Waals surface area contributed by atoms with Crippen LogP contribution in [-0.4, -0.2) is 22.0 Å². The Hall–Kier alpha value is -2.94. The number of anilines is 1. The van der Waals surface area contributed by atoms with Gasteiger partial charge in [-0.05, 0) is 18.2 Å². The summed E-state index contributed by atoms with van der Waals surface area (Å²) in [6, 6.07) is 9.16. The van der Waals surface area contributed by atoms with Crippen molar-refractivity contribution in [1.29, 1.82) is 5.26 Å². The number of aryl methyl sites for hydroxylation is 1. The molecule has 0 saturated heterocycles. The summed E-state index contributed by atoms with van der Waals surface area (Å²) in [7, 11) is 1.75. The quantitative estimate of drug-likeness (QED) is 0.766. The van der Waals surface area contributed by atoms with Crippen LogP contribution in [0.5, 0.6) is 0 Å². The van der Waals surface area contributed by atoms with Gasteiger partial charge in [0.25, 0.3) is 0 Å². The molecule has 0 unspecified atom stereocenters. The summed E-state index contributed by atoms with van der Waals surface area (Å²) in [5.41, 5.74) is 2.56. The number of rotatable bonds is 2. The molecule has 0 radical (unpaired) electrons. The average Bonchev–Trinajstić information content (AvgIpc) is 2.85. The molecular weight excluding hydrogens is 254 g/mol. The van der Waals surface area contributed by atoms with Crippen LogP contribution >= 0.6 is 0 Å². The molecule has 0 aliphatic heterocycles. The zero-order valence-corrected chi connectivity index (χ0v) is 11.0. The summed E-state index contributed by atoms with van der Waals surface area (Å²) in [6.45, 7) is 1.80. The van der Waals surface area contributed by atoms with Gasteiger partial charge < -0.3 is 9.73 Å². The molecule has 3 rings (SSSR count). The van der Waals surface area contributed by atoms with Gasteiger partial charge >= 0.3 is 0 Å². The van der Waals surface area contributed by atoms with E-state index < -0.39 is 0 Å². The van der Waals surface area contributed by atoms with Gasteiger partial charge in [-0.25, -0.2) is 15.0 Å². The second-order valence-electron chi connectivity index (χ2n) is 4.24. The molecule has 2 aromatic heterocycles. The first-order chi connectivity index (χ1) is 9.69. The summed E-state index contributed by atoms with van der Waals surface area (Å²) < 4.78 is 5.50. The fourth-order valence-electron chi connectivity index (χ4n) is 1.94. The maximum absolute atomic E-state index is 9.01. The van der Waals surface area contributed by atoms with E-state index in [2.05, 4.69) is 20.3 Å². The van der Waals surface area contributed by atoms with Gasteiger partial charge in [0.05, 0.1) is 0 Å². The van der Waals surface area contributed by atoms with Crippen molar-refractivity contribution < 1.29 is 4.42 Å². The van der Waals surface area contributed by atoms with E-state index in [0.29, 0.717) is 28.8 Å². The Bertz CT molecular complexity index is 831. The third kappa shape index (κ3) is 2.06. The fourth-order valence-corrected chi connectivity index (χ4v) is 1.94. The Balaban J connectivity index is 2.16. The fraction of sp³-hybridized carbons (Fsp3) is 0.143. The van der Waals surface area contributed by atoms with E-state index in [-0.39, 0.29) is 0 Å². The highest BCUT2D eigenvalue weighted by molar-refractivity contribution is 5.78. The molecule has 0 amide bonds. The predicted molar refractivity (Wildman–Crippen MR) is 74.0 cm³/mol. The molecule has 98 valence electrons. The van der Waals surface area contributed by atoms with Crippen LogP contribution in [0.3, 0.4) is 0 Å². The highest BCUT2D eigenvalue weighted by Crippen LogP contribution is 2.23. The van der Waals surface area contributed by atoms with Crippen LogP contribution in [0, 0.1) is 18.3 Å². The number of aromatic nitrogens is 3. The normalized spacial score (nSPS) is 10.4. The summed E-state index contributed by atoms with van der Waals surface area (Å²) in [5, 5.41) is 11.9. The van der Waals surface area contributed by atoms with E-state index in [1.165, 1.54) is 0 Å². The summed E-state index contributed by atoms with van der Waals surface area (Å²) in [6.07, 6.45) is 0. The lowest BCUT2D eigenvalue weighted by Crippen LogP contribution is -1.98. The van der Waals surface area contributed by atoms with E-state index in [0.717, 1.165) is 11.1 Å².